The average Bonchev–Trinajstić information content (AvgIpc) is 3.13. The first-order chi connectivity index (χ1) is 10.3. The van der Waals surface area contributed by atoms with Gasteiger partial charge >= 0.3 is 26.2 Å². The maximum atomic E-state index is 2.43. The summed E-state index contributed by atoms with van der Waals surface area (Å²) in [4.78, 5) is 0. The predicted octanol–water partition coefficient (Wildman–Crippen LogP) is -0.0241. The first-order valence-corrected chi connectivity index (χ1v) is 8.45. The minimum absolute atomic E-state index is 0. The molecule has 1 unspecified atom stereocenters. The Bertz CT molecular complexity index is 590. The van der Waals surface area contributed by atoms with Crippen LogP contribution in [-0.2, 0) is 32.6 Å². The maximum Gasteiger partial charge on any atom is 2.00 e. The predicted molar refractivity (Wildman–Crippen MR) is 92.6 cm³/mol. The van der Waals surface area contributed by atoms with Crippen molar-refractivity contribution >= 4 is 6.08 Å². The van der Waals surface area contributed by atoms with E-state index in [2.05, 4.69) is 62.4 Å². The summed E-state index contributed by atoms with van der Waals surface area (Å²) in [5.74, 6) is 1.23. The summed E-state index contributed by atoms with van der Waals surface area (Å²) in [5, 5.41) is 0. The summed E-state index contributed by atoms with van der Waals surface area (Å²) < 4.78 is 0. The van der Waals surface area contributed by atoms with Crippen molar-refractivity contribution in [3.8, 4) is 0 Å². The molecule has 1 aromatic carbocycles. The van der Waals surface area contributed by atoms with Gasteiger partial charge < -0.3 is 24.8 Å². The number of allylic oxidation sites excluding steroid dienone is 5. The molecule has 0 spiro atoms. The van der Waals surface area contributed by atoms with Crippen LogP contribution in [0.4, 0.5) is 0 Å². The summed E-state index contributed by atoms with van der Waals surface area (Å²) >= 11 is 0. The van der Waals surface area contributed by atoms with E-state index < -0.39 is 0 Å². The van der Waals surface area contributed by atoms with E-state index in [0.717, 1.165) is 0 Å². The Balaban J connectivity index is 0.00000176. The van der Waals surface area contributed by atoms with E-state index in [1.54, 1.807) is 11.1 Å². The molecule has 3 heteroatoms. The standard InChI is InChI=1S/C21H26.2ClH.Zr/c1-3-4-5-10-18-12-11-16(2)20-14-13-19(21(18)20)15-17-8-6-7-9-17;;;/h6-9,11-14,17,19H,3-5,10,15H2,1-2H3;2*1H;/q;;;+2/p-2. The normalized spacial score (nSPS) is 17.2. The second-order valence-electron chi connectivity index (χ2n) is 6.46. The van der Waals surface area contributed by atoms with Gasteiger partial charge in [-0.2, -0.15) is 0 Å². The SMILES string of the molecule is CCCCCc1ccc(C)c2c1C(CC1C=CC=C1)C=C2.[Cl-].[Cl-].[Zr+2]. The van der Waals surface area contributed by atoms with Crippen LogP contribution < -0.4 is 24.8 Å². The van der Waals surface area contributed by atoms with E-state index in [4.69, 9.17) is 0 Å². The van der Waals surface area contributed by atoms with Gasteiger partial charge in [-0.25, -0.2) is 0 Å². The van der Waals surface area contributed by atoms with Crippen LogP contribution in [0.15, 0.2) is 42.5 Å². The molecular weight excluding hydrogens is 414 g/mol. The molecule has 0 aromatic heterocycles. The Morgan fingerprint density at radius 3 is 2.33 bits per heavy atom. The molecule has 2 aliphatic rings. The summed E-state index contributed by atoms with van der Waals surface area (Å²) in [5.41, 5.74) is 6.14. The molecule has 3 rings (SSSR count). The molecule has 0 N–H and O–H groups in total. The number of unbranched alkanes of at least 4 members (excludes halogenated alkanes) is 2. The third-order valence-corrected chi connectivity index (χ3v) is 4.86. The zero-order valence-corrected chi connectivity index (χ0v) is 18.5. The number of rotatable bonds is 6. The second kappa shape index (κ2) is 11.5. The van der Waals surface area contributed by atoms with Gasteiger partial charge in [0.15, 0.2) is 0 Å². The summed E-state index contributed by atoms with van der Waals surface area (Å²) in [7, 11) is 0. The van der Waals surface area contributed by atoms with Gasteiger partial charge in [0.05, 0.1) is 0 Å². The second-order valence-corrected chi connectivity index (χ2v) is 6.46. The van der Waals surface area contributed by atoms with Crippen LogP contribution in [0, 0.1) is 12.8 Å². The monoisotopic (exact) mass is 438 g/mol. The molecule has 0 nitrogen and oxygen atoms in total. The molecule has 0 saturated heterocycles. The fraction of sp³-hybridized carbons (Fsp3) is 0.429. The number of benzene rings is 1. The molecule has 1 atom stereocenters. The molecule has 0 fully saturated rings. The fourth-order valence-corrected chi connectivity index (χ4v) is 3.67. The molecule has 0 heterocycles. The van der Waals surface area contributed by atoms with Gasteiger partial charge in [-0.15, -0.1) is 0 Å². The van der Waals surface area contributed by atoms with Crippen LogP contribution in [-0.4, -0.2) is 0 Å². The smallest absolute Gasteiger partial charge is 1.00 e. The van der Waals surface area contributed by atoms with Crippen LogP contribution in [0.1, 0.15) is 60.8 Å². The minimum atomic E-state index is 0. The van der Waals surface area contributed by atoms with Gasteiger partial charge in [-0.3, -0.25) is 0 Å². The molecule has 0 aliphatic heterocycles. The van der Waals surface area contributed by atoms with Gasteiger partial charge in [0.2, 0.25) is 0 Å². The quantitative estimate of drug-likeness (QED) is 0.546. The van der Waals surface area contributed by atoms with Crippen molar-refractivity contribution in [2.24, 2.45) is 5.92 Å². The molecule has 1 aromatic rings. The molecule has 2 aliphatic carbocycles. The Morgan fingerprint density at radius 1 is 0.958 bits per heavy atom. The third kappa shape index (κ3) is 5.45. The van der Waals surface area contributed by atoms with Crippen molar-refractivity contribution in [3.63, 3.8) is 0 Å². The Labute approximate surface area is 178 Å². The largest absolute Gasteiger partial charge is 2.00 e. The number of hydrogen-bond donors (Lipinski definition) is 0. The van der Waals surface area contributed by atoms with Crippen molar-refractivity contribution in [2.75, 3.05) is 0 Å². The number of aryl methyl sites for hydroxylation is 2. The third-order valence-electron chi connectivity index (χ3n) is 4.86. The van der Waals surface area contributed by atoms with Crippen molar-refractivity contribution in [1.29, 1.82) is 0 Å². The van der Waals surface area contributed by atoms with Gasteiger partial charge in [-0.1, -0.05) is 68.4 Å². The van der Waals surface area contributed by atoms with Crippen LogP contribution in [0.3, 0.4) is 0 Å². The van der Waals surface area contributed by atoms with E-state index in [1.807, 2.05) is 0 Å². The van der Waals surface area contributed by atoms with E-state index in [0.29, 0.717) is 11.8 Å². The molecule has 0 radical (unpaired) electrons. The molecule has 0 amide bonds. The van der Waals surface area contributed by atoms with Gasteiger partial charge in [0.1, 0.15) is 0 Å². The van der Waals surface area contributed by atoms with Gasteiger partial charge in [0.25, 0.3) is 0 Å². The first kappa shape index (κ1) is 23.9. The first-order valence-electron chi connectivity index (χ1n) is 8.45. The average molecular weight is 441 g/mol. The summed E-state index contributed by atoms with van der Waals surface area (Å²) in [6, 6.07) is 4.69. The number of halogens is 2. The van der Waals surface area contributed by atoms with Crippen LogP contribution in [0.25, 0.3) is 6.08 Å². The topological polar surface area (TPSA) is 0 Å². The Kier molecular flexibility index (Phi) is 11.5. The van der Waals surface area contributed by atoms with Crippen LogP contribution in [0.2, 0.25) is 0 Å². The van der Waals surface area contributed by atoms with E-state index in [-0.39, 0.29) is 51.0 Å². The van der Waals surface area contributed by atoms with Gasteiger partial charge in [-0.05, 0) is 54.4 Å². The number of hydrogen-bond acceptors (Lipinski definition) is 0. The summed E-state index contributed by atoms with van der Waals surface area (Å²) in [6.45, 7) is 4.53. The van der Waals surface area contributed by atoms with Crippen LogP contribution >= 0.6 is 0 Å². The summed E-state index contributed by atoms with van der Waals surface area (Å²) in [6.07, 6.45) is 20.2. The molecular formula is C21H26Cl2Zr. The van der Waals surface area contributed by atoms with E-state index in [9.17, 15) is 0 Å². The molecule has 24 heavy (non-hydrogen) atoms. The van der Waals surface area contributed by atoms with Gasteiger partial charge in [0, 0.05) is 5.92 Å². The molecule has 128 valence electrons. The molecule has 0 saturated carbocycles. The van der Waals surface area contributed by atoms with Crippen molar-refractivity contribution in [3.05, 3.63) is 64.8 Å². The minimum Gasteiger partial charge on any atom is -1.00 e. The maximum absolute atomic E-state index is 2.43. The van der Waals surface area contributed by atoms with E-state index >= 15 is 0 Å². The zero-order chi connectivity index (χ0) is 14.7. The van der Waals surface area contributed by atoms with Crippen LogP contribution in [0.5, 0.6) is 0 Å². The fourth-order valence-electron chi connectivity index (χ4n) is 3.67. The zero-order valence-electron chi connectivity index (χ0n) is 14.6. The molecule has 0 bridgehead atoms. The van der Waals surface area contributed by atoms with Crippen molar-refractivity contribution < 1.29 is 51.0 Å². The van der Waals surface area contributed by atoms with Crippen molar-refractivity contribution in [1.82, 2.24) is 0 Å². The van der Waals surface area contributed by atoms with E-state index in [1.165, 1.54) is 43.2 Å². The Morgan fingerprint density at radius 2 is 1.67 bits per heavy atom. The Hall–Kier alpha value is -0.0969. The number of fused-ring (bicyclic) bond motifs is 1. The van der Waals surface area contributed by atoms with Crippen molar-refractivity contribution in [2.45, 2.75) is 51.9 Å².